The summed E-state index contributed by atoms with van der Waals surface area (Å²) in [6.07, 6.45) is -0.594. The number of hydrogen-bond donors (Lipinski definition) is 3. The Morgan fingerprint density at radius 2 is 2.05 bits per heavy atom. The monoisotopic (exact) mass is 290 g/mol. The summed E-state index contributed by atoms with van der Waals surface area (Å²) < 4.78 is 24.9. The van der Waals surface area contributed by atoms with E-state index in [0.29, 0.717) is 0 Å². The Labute approximate surface area is 107 Å². The second-order valence-electron chi connectivity index (χ2n) is 3.52. The van der Waals surface area contributed by atoms with Crippen LogP contribution in [0.4, 0.5) is 11.4 Å². The van der Waals surface area contributed by atoms with E-state index in [4.69, 9.17) is 5.11 Å². The fraction of sp³-hybridized carbons (Fsp3) is 0.222. The largest absolute Gasteiger partial charge is 0.505 e. The number of non-ortho nitro benzene ring substituents is 1. The van der Waals surface area contributed by atoms with Gasteiger partial charge in [-0.1, -0.05) is 0 Å². The Morgan fingerprint density at radius 3 is 2.53 bits per heavy atom. The molecule has 0 aliphatic carbocycles. The molecule has 104 valence electrons. The summed E-state index contributed by atoms with van der Waals surface area (Å²) in [6, 6.07) is 2.82. The van der Waals surface area contributed by atoms with Crippen molar-refractivity contribution in [3.8, 4) is 5.75 Å². The fourth-order valence-electron chi connectivity index (χ4n) is 1.16. The normalized spacial score (nSPS) is 10.9. The van der Waals surface area contributed by atoms with Crippen molar-refractivity contribution in [3.05, 3.63) is 28.3 Å². The van der Waals surface area contributed by atoms with Gasteiger partial charge in [-0.3, -0.25) is 19.6 Å². The van der Waals surface area contributed by atoms with Crippen molar-refractivity contribution in [1.29, 1.82) is 0 Å². The number of carboxylic acids is 1. The van der Waals surface area contributed by atoms with Crippen molar-refractivity contribution in [2.24, 2.45) is 0 Å². The number of nitro benzene ring substituents is 1. The average Bonchev–Trinajstić information content (AvgIpc) is 2.29. The zero-order valence-corrected chi connectivity index (χ0v) is 10.3. The molecule has 1 aromatic carbocycles. The number of aromatic hydroxyl groups is 1. The van der Waals surface area contributed by atoms with Crippen LogP contribution in [0.1, 0.15) is 6.42 Å². The molecule has 9 nitrogen and oxygen atoms in total. The maximum atomic E-state index is 11.5. The third-order valence-electron chi connectivity index (χ3n) is 2.04. The first-order valence-electron chi connectivity index (χ1n) is 4.91. The van der Waals surface area contributed by atoms with Gasteiger partial charge in [0.15, 0.2) is 0 Å². The number of benzene rings is 1. The standard InChI is InChI=1S/C9H10N2O7S/c12-8-5-6(11(15)16)1-2-7(8)10-19(17,18)4-3-9(13)14/h1-2,5,10,12H,3-4H2,(H,13,14). The van der Waals surface area contributed by atoms with Gasteiger partial charge in [0, 0.05) is 6.07 Å². The molecule has 0 spiro atoms. The lowest BCUT2D eigenvalue weighted by Crippen LogP contribution is -2.18. The number of carboxylic acid groups (broad SMARTS) is 1. The van der Waals surface area contributed by atoms with Crippen molar-refractivity contribution < 1.29 is 28.3 Å². The molecule has 0 atom stereocenters. The first-order valence-corrected chi connectivity index (χ1v) is 6.56. The van der Waals surface area contributed by atoms with Crippen LogP contribution in [-0.4, -0.2) is 35.3 Å². The zero-order valence-electron chi connectivity index (χ0n) is 9.44. The SMILES string of the molecule is O=C(O)CCS(=O)(=O)Nc1ccc([N+](=O)[O-])cc1O. The summed E-state index contributed by atoms with van der Waals surface area (Å²) in [5.74, 6) is -2.56. The third-order valence-corrected chi connectivity index (χ3v) is 3.31. The lowest BCUT2D eigenvalue weighted by Gasteiger charge is -2.08. The number of anilines is 1. The van der Waals surface area contributed by atoms with E-state index in [-0.39, 0.29) is 5.69 Å². The number of carbonyl (C=O) groups is 1. The number of sulfonamides is 1. The molecule has 0 heterocycles. The Hall–Kier alpha value is -2.36. The van der Waals surface area contributed by atoms with Gasteiger partial charge in [0.05, 0.1) is 28.9 Å². The predicted octanol–water partition coefficient (Wildman–Crippen LogP) is 0.517. The lowest BCUT2D eigenvalue weighted by atomic mass is 10.3. The quantitative estimate of drug-likeness (QED) is 0.393. The molecule has 19 heavy (non-hydrogen) atoms. The van der Waals surface area contributed by atoms with Gasteiger partial charge in [-0.15, -0.1) is 0 Å². The number of nitro groups is 1. The predicted molar refractivity (Wildman–Crippen MR) is 64.4 cm³/mol. The molecule has 0 amide bonds. The highest BCUT2D eigenvalue weighted by Gasteiger charge is 2.16. The van der Waals surface area contributed by atoms with E-state index >= 15 is 0 Å². The lowest BCUT2D eigenvalue weighted by molar-refractivity contribution is -0.384. The summed E-state index contributed by atoms with van der Waals surface area (Å²) in [5.41, 5.74) is -0.651. The number of hydrogen-bond acceptors (Lipinski definition) is 6. The van der Waals surface area contributed by atoms with Gasteiger partial charge in [0.25, 0.3) is 5.69 Å². The second-order valence-corrected chi connectivity index (χ2v) is 5.37. The van der Waals surface area contributed by atoms with E-state index in [1.54, 1.807) is 0 Å². The van der Waals surface area contributed by atoms with E-state index in [2.05, 4.69) is 0 Å². The number of phenolic OH excluding ortho intramolecular Hbond substituents is 1. The van der Waals surface area contributed by atoms with Crippen LogP contribution in [0.3, 0.4) is 0 Å². The van der Waals surface area contributed by atoms with E-state index < -0.39 is 44.5 Å². The Bertz CT molecular complexity index is 611. The summed E-state index contributed by atoms with van der Waals surface area (Å²) in [4.78, 5) is 19.9. The van der Waals surface area contributed by atoms with E-state index in [9.17, 15) is 28.4 Å². The smallest absolute Gasteiger partial charge is 0.304 e. The Kier molecular flexibility index (Phi) is 4.27. The van der Waals surface area contributed by atoms with Gasteiger partial charge < -0.3 is 10.2 Å². The first kappa shape index (κ1) is 14.7. The molecule has 0 aliphatic rings. The van der Waals surface area contributed by atoms with Crippen LogP contribution in [0.25, 0.3) is 0 Å². The van der Waals surface area contributed by atoms with Crippen molar-refractivity contribution in [2.45, 2.75) is 6.42 Å². The highest BCUT2D eigenvalue weighted by atomic mass is 32.2. The number of rotatable bonds is 6. The minimum absolute atomic E-state index is 0.254. The molecule has 0 aliphatic heterocycles. The van der Waals surface area contributed by atoms with Crippen LogP contribution in [0.5, 0.6) is 5.75 Å². The molecule has 0 aromatic heterocycles. The number of phenols is 1. The number of nitrogens with one attached hydrogen (secondary N) is 1. The summed E-state index contributed by atoms with van der Waals surface area (Å²) in [5, 5.41) is 28.2. The molecular formula is C9H10N2O7S. The van der Waals surface area contributed by atoms with Gasteiger partial charge in [-0.05, 0) is 6.07 Å². The van der Waals surface area contributed by atoms with Crippen LogP contribution in [0.2, 0.25) is 0 Å². The van der Waals surface area contributed by atoms with Gasteiger partial charge in [0.1, 0.15) is 5.75 Å². The van der Waals surface area contributed by atoms with Crippen LogP contribution in [0.15, 0.2) is 18.2 Å². The molecule has 0 unspecified atom stereocenters. The summed E-state index contributed by atoms with van der Waals surface area (Å²) in [7, 11) is -3.95. The molecule has 0 saturated heterocycles. The number of aliphatic carboxylic acids is 1. The third kappa shape index (κ3) is 4.43. The van der Waals surface area contributed by atoms with E-state index in [1.807, 2.05) is 4.72 Å². The Balaban J connectivity index is 2.88. The van der Waals surface area contributed by atoms with Crippen LogP contribution in [-0.2, 0) is 14.8 Å². The van der Waals surface area contributed by atoms with E-state index in [0.717, 1.165) is 18.2 Å². The highest BCUT2D eigenvalue weighted by Crippen LogP contribution is 2.28. The minimum atomic E-state index is -3.95. The molecule has 1 aromatic rings. The molecule has 0 bridgehead atoms. The minimum Gasteiger partial charge on any atom is -0.505 e. The first-order chi connectivity index (χ1) is 8.71. The van der Waals surface area contributed by atoms with E-state index in [1.165, 1.54) is 0 Å². The molecule has 0 fully saturated rings. The highest BCUT2D eigenvalue weighted by molar-refractivity contribution is 7.92. The van der Waals surface area contributed by atoms with Gasteiger partial charge in [-0.2, -0.15) is 0 Å². The molecule has 1 rings (SSSR count). The van der Waals surface area contributed by atoms with Crippen molar-refractivity contribution in [2.75, 3.05) is 10.5 Å². The summed E-state index contributed by atoms with van der Waals surface area (Å²) >= 11 is 0. The Morgan fingerprint density at radius 1 is 1.42 bits per heavy atom. The van der Waals surface area contributed by atoms with Crippen LogP contribution < -0.4 is 4.72 Å². The molecule has 0 saturated carbocycles. The van der Waals surface area contributed by atoms with Crippen molar-refractivity contribution in [1.82, 2.24) is 0 Å². The van der Waals surface area contributed by atoms with Crippen LogP contribution >= 0.6 is 0 Å². The molecule has 10 heteroatoms. The van der Waals surface area contributed by atoms with Gasteiger partial charge >= 0.3 is 5.97 Å². The van der Waals surface area contributed by atoms with Crippen molar-refractivity contribution >= 4 is 27.4 Å². The summed E-state index contributed by atoms with van der Waals surface area (Å²) in [6.45, 7) is 0. The topological polar surface area (TPSA) is 147 Å². The van der Waals surface area contributed by atoms with Gasteiger partial charge in [0.2, 0.25) is 10.0 Å². The zero-order chi connectivity index (χ0) is 14.6. The molecule has 3 N–H and O–H groups in total. The van der Waals surface area contributed by atoms with Crippen molar-refractivity contribution in [3.63, 3.8) is 0 Å². The fourth-order valence-corrected chi connectivity index (χ4v) is 2.21. The second kappa shape index (κ2) is 5.52. The van der Waals surface area contributed by atoms with Gasteiger partial charge in [-0.25, -0.2) is 8.42 Å². The number of nitrogens with zero attached hydrogens (tertiary/aromatic N) is 1. The molecule has 0 radical (unpaired) electrons. The van der Waals surface area contributed by atoms with Crippen LogP contribution in [0, 0.1) is 10.1 Å². The maximum absolute atomic E-state index is 11.5. The average molecular weight is 290 g/mol. The maximum Gasteiger partial charge on any atom is 0.304 e. The molecular weight excluding hydrogens is 280 g/mol.